The summed E-state index contributed by atoms with van der Waals surface area (Å²) >= 11 is 0. The lowest BCUT2D eigenvalue weighted by atomic mass is 10.2. The molecule has 1 aliphatic heterocycles. The van der Waals surface area contributed by atoms with Crippen LogP contribution < -0.4 is 14.2 Å². The van der Waals surface area contributed by atoms with E-state index in [1.807, 2.05) is 13.0 Å². The number of hydrogen-bond acceptors (Lipinski definition) is 5. The fourth-order valence-corrected chi connectivity index (χ4v) is 1.49. The Balaban J connectivity index is 2.33. The predicted octanol–water partition coefficient (Wildman–Crippen LogP) is 1.91. The summed E-state index contributed by atoms with van der Waals surface area (Å²) in [5.74, 6) is 1.39. The molecule has 17 heavy (non-hydrogen) atoms. The molecule has 0 radical (unpaired) electrons. The largest absolute Gasteiger partial charge is 0.475 e. The molecule has 5 heteroatoms. The van der Waals surface area contributed by atoms with Crippen molar-refractivity contribution in [1.82, 2.24) is 0 Å². The normalized spacial score (nSPS) is 13.9. The molecule has 1 aromatic rings. The summed E-state index contributed by atoms with van der Waals surface area (Å²) < 4.78 is 15.8. The highest BCUT2D eigenvalue weighted by molar-refractivity contribution is 5.81. The minimum absolute atomic E-state index is 0.131. The molecule has 0 saturated carbocycles. The van der Waals surface area contributed by atoms with Gasteiger partial charge in [-0.2, -0.15) is 5.26 Å². The maximum absolute atomic E-state index is 10.9. The van der Waals surface area contributed by atoms with Gasteiger partial charge in [-0.1, -0.05) is 6.92 Å². The number of nitrogens with zero attached hydrogens (tertiary/aromatic N) is 1. The average Bonchev–Trinajstić information content (AvgIpc) is 2.81. The molecule has 1 aliphatic rings. The fraction of sp³-hybridized carbons (Fsp3) is 0.333. The van der Waals surface area contributed by atoms with Gasteiger partial charge in [0.25, 0.3) is 0 Å². The number of hydrogen-bond donors (Lipinski definition) is 0. The van der Waals surface area contributed by atoms with Crippen LogP contribution in [0.1, 0.15) is 23.7 Å². The summed E-state index contributed by atoms with van der Waals surface area (Å²) in [5.41, 5.74) is 0.350. The van der Waals surface area contributed by atoms with Crippen molar-refractivity contribution in [3.8, 4) is 23.3 Å². The van der Waals surface area contributed by atoms with Gasteiger partial charge in [0, 0.05) is 6.07 Å². The van der Waals surface area contributed by atoms with Gasteiger partial charge in [0.2, 0.25) is 6.79 Å². The molecule has 0 bridgehead atoms. The quantitative estimate of drug-likeness (QED) is 0.743. The molecule has 1 heterocycles. The minimum Gasteiger partial charge on any atom is -0.475 e. The first-order valence-electron chi connectivity index (χ1n) is 5.23. The van der Waals surface area contributed by atoms with E-state index in [-0.39, 0.29) is 6.79 Å². The SMILES string of the molecule is CCC(C#N)Oc1cc2c(cc1C=O)OCO2. The second-order valence-electron chi connectivity index (χ2n) is 3.50. The van der Waals surface area contributed by atoms with Crippen molar-refractivity contribution < 1.29 is 19.0 Å². The molecule has 0 saturated heterocycles. The Bertz CT molecular complexity index is 478. The van der Waals surface area contributed by atoms with E-state index < -0.39 is 6.10 Å². The second-order valence-corrected chi connectivity index (χ2v) is 3.50. The van der Waals surface area contributed by atoms with Crippen molar-refractivity contribution in [1.29, 1.82) is 5.26 Å². The average molecular weight is 233 g/mol. The van der Waals surface area contributed by atoms with Crippen LogP contribution in [-0.4, -0.2) is 19.2 Å². The topological polar surface area (TPSA) is 68.5 Å². The fourth-order valence-electron chi connectivity index (χ4n) is 1.49. The van der Waals surface area contributed by atoms with E-state index in [1.54, 1.807) is 12.1 Å². The molecule has 0 aromatic heterocycles. The summed E-state index contributed by atoms with van der Waals surface area (Å²) in [7, 11) is 0. The van der Waals surface area contributed by atoms with E-state index in [2.05, 4.69) is 0 Å². The van der Waals surface area contributed by atoms with Crippen LogP contribution in [0.5, 0.6) is 17.2 Å². The Kier molecular flexibility index (Phi) is 3.15. The minimum atomic E-state index is -0.575. The highest BCUT2D eigenvalue weighted by atomic mass is 16.7. The number of benzene rings is 1. The van der Waals surface area contributed by atoms with Crippen molar-refractivity contribution in [2.75, 3.05) is 6.79 Å². The zero-order valence-corrected chi connectivity index (χ0v) is 9.30. The van der Waals surface area contributed by atoms with Crippen molar-refractivity contribution >= 4 is 6.29 Å². The van der Waals surface area contributed by atoms with Crippen LogP contribution in [0.4, 0.5) is 0 Å². The van der Waals surface area contributed by atoms with E-state index in [4.69, 9.17) is 19.5 Å². The van der Waals surface area contributed by atoms with Gasteiger partial charge in [-0.15, -0.1) is 0 Å². The number of aldehydes is 1. The zero-order chi connectivity index (χ0) is 12.3. The molecular formula is C12H11NO4. The third-order valence-electron chi connectivity index (χ3n) is 2.42. The van der Waals surface area contributed by atoms with E-state index >= 15 is 0 Å². The van der Waals surface area contributed by atoms with Crippen molar-refractivity contribution in [3.63, 3.8) is 0 Å². The molecule has 0 fully saturated rings. The lowest BCUT2D eigenvalue weighted by molar-refractivity contribution is 0.111. The standard InChI is InChI=1S/C12H11NO4/c1-2-9(5-13)17-10-4-12-11(15-7-16-12)3-8(10)6-14/h3-4,6,9H,2,7H2,1H3. The molecule has 0 aliphatic carbocycles. The molecule has 2 rings (SSSR count). The Morgan fingerprint density at radius 2 is 2.24 bits per heavy atom. The number of nitriles is 1. The highest BCUT2D eigenvalue weighted by Gasteiger charge is 2.19. The number of carbonyl (C=O) groups is 1. The van der Waals surface area contributed by atoms with E-state index in [1.165, 1.54) is 0 Å². The lowest BCUT2D eigenvalue weighted by Crippen LogP contribution is -2.13. The molecule has 88 valence electrons. The van der Waals surface area contributed by atoms with Crippen LogP contribution in [0.2, 0.25) is 0 Å². The van der Waals surface area contributed by atoms with E-state index in [9.17, 15) is 4.79 Å². The Hall–Kier alpha value is -2.22. The second kappa shape index (κ2) is 4.74. The molecular weight excluding hydrogens is 222 g/mol. The van der Waals surface area contributed by atoms with Crippen molar-refractivity contribution in [3.05, 3.63) is 17.7 Å². The summed E-state index contributed by atoms with van der Waals surface area (Å²) in [4.78, 5) is 10.9. The zero-order valence-electron chi connectivity index (χ0n) is 9.30. The summed E-state index contributed by atoms with van der Waals surface area (Å²) in [6, 6.07) is 5.13. The highest BCUT2D eigenvalue weighted by Crippen LogP contribution is 2.37. The van der Waals surface area contributed by atoms with Gasteiger partial charge in [0.05, 0.1) is 5.56 Å². The Morgan fingerprint density at radius 1 is 1.53 bits per heavy atom. The third-order valence-corrected chi connectivity index (χ3v) is 2.42. The maximum Gasteiger partial charge on any atom is 0.231 e. The van der Waals surface area contributed by atoms with Crippen molar-refractivity contribution in [2.24, 2.45) is 0 Å². The van der Waals surface area contributed by atoms with Gasteiger partial charge < -0.3 is 14.2 Å². The maximum atomic E-state index is 10.9. The predicted molar refractivity (Wildman–Crippen MR) is 58.3 cm³/mol. The van der Waals surface area contributed by atoms with Gasteiger partial charge >= 0.3 is 0 Å². The molecule has 0 amide bonds. The molecule has 5 nitrogen and oxygen atoms in total. The first-order valence-corrected chi connectivity index (χ1v) is 5.23. The summed E-state index contributed by atoms with van der Waals surface area (Å²) in [5, 5.41) is 8.83. The molecule has 0 N–H and O–H groups in total. The third kappa shape index (κ3) is 2.16. The first kappa shape index (κ1) is 11.3. The van der Waals surface area contributed by atoms with Gasteiger partial charge in [0.15, 0.2) is 23.9 Å². The molecule has 0 spiro atoms. The Morgan fingerprint density at radius 3 is 2.82 bits per heavy atom. The molecule has 1 aromatic carbocycles. The Labute approximate surface area is 98.5 Å². The number of fused-ring (bicyclic) bond motifs is 1. The van der Waals surface area contributed by atoms with E-state index in [0.29, 0.717) is 35.5 Å². The van der Waals surface area contributed by atoms with Gasteiger partial charge in [-0.25, -0.2) is 0 Å². The number of carbonyl (C=O) groups excluding carboxylic acids is 1. The summed E-state index contributed by atoms with van der Waals surface area (Å²) in [6.45, 7) is 1.97. The first-order chi connectivity index (χ1) is 8.28. The van der Waals surface area contributed by atoms with Gasteiger partial charge in [-0.05, 0) is 12.5 Å². The van der Waals surface area contributed by atoms with Crippen LogP contribution in [0, 0.1) is 11.3 Å². The van der Waals surface area contributed by atoms with Crippen LogP contribution in [0.3, 0.4) is 0 Å². The molecule has 1 atom stereocenters. The van der Waals surface area contributed by atoms with Crippen LogP contribution in [0.15, 0.2) is 12.1 Å². The van der Waals surface area contributed by atoms with Crippen LogP contribution >= 0.6 is 0 Å². The van der Waals surface area contributed by atoms with Gasteiger partial charge in [-0.3, -0.25) is 4.79 Å². The molecule has 1 unspecified atom stereocenters. The number of ether oxygens (including phenoxy) is 3. The monoisotopic (exact) mass is 233 g/mol. The lowest BCUT2D eigenvalue weighted by Gasteiger charge is -2.12. The number of rotatable bonds is 4. The van der Waals surface area contributed by atoms with Crippen LogP contribution in [-0.2, 0) is 0 Å². The summed E-state index contributed by atoms with van der Waals surface area (Å²) in [6.07, 6.45) is 0.638. The van der Waals surface area contributed by atoms with Crippen LogP contribution in [0.25, 0.3) is 0 Å². The van der Waals surface area contributed by atoms with Gasteiger partial charge in [0.1, 0.15) is 11.8 Å². The van der Waals surface area contributed by atoms with E-state index in [0.717, 1.165) is 0 Å². The smallest absolute Gasteiger partial charge is 0.231 e. The van der Waals surface area contributed by atoms with Crippen molar-refractivity contribution in [2.45, 2.75) is 19.4 Å².